The maximum Gasteiger partial charge on any atom is 0.333 e. The van der Waals surface area contributed by atoms with Gasteiger partial charge in [0.2, 0.25) is 0 Å². The van der Waals surface area contributed by atoms with Crippen LogP contribution in [0.25, 0.3) is 0 Å². The fraction of sp³-hybridized carbons (Fsp3) is 0.385. The topological polar surface area (TPSA) is 58.6 Å². The first-order chi connectivity index (χ1) is 9.19. The van der Waals surface area contributed by atoms with E-state index in [0.29, 0.717) is 13.1 Å². The van der Waals surface area contributed by atoms with Crippen LogP contribution in [-0.4, -0.2) is 37.1 Å². The normalized spacial score (nSPS) is 17.5. The van der Waals surface area contributed by atoms with Crippen molar-refractivity contribution in [1.29, 1.82) is 0 Å². The van der Waals surface area contributed by atoms with Crippen molar-refractivity contribution in [3.8, 4) is 0 Å². The molecule has 19 heavy (non-hydrogen) atoms. The van der Waals surface area contributed by atoms with E-state index in [0.717, 1.165) is 16.9 Å². The Labute approximate surface area is 115 Å². The van der Waals surface area contributed by atoms with Crippen molar-refractivity contribution in [2.75, 3.05) is 20.2 Å². The second-order valence-electron chi connectivity index (χ2n) is 4.14. The van der Waals surface area contributed by atoms with Crippen LogP contribution in [-0.2, 0) is 16.0 Å². The van der Waals surface area contributed by atoms with Gasteiger partial charge >= 0.3 is 12.0 Å². The van der Waals surface area contributed by atoms with Crippen LogP contribution < -0.4 is 5.32 Å². The standard InChI is InChI=1S/C13H16N2O3S/c1-3-6-14-13(17)15-7-4-10-9(5-8-19-10)11(15)12(16)18-2/h3,5,8,11H,1,4,6-7H2,2H3,(H,14,17). The van der Waals surface area contributed by atoms with Gasteiger partial charge in [-0.05, 0) is 23.4 Å². The summed E-state index contributed by atoms with van der Waals surface area (Å²) in [5, 5.41) is 4.63. The average Bonchev–Trinajstić information content (AvgIpc) is 2.91. The molecule has 1 aliphatic heterocycles. The lowest BCUT2D eigenvalue weighted by molar-refractivity contribution is -0.146. The second-order valence-corrected chi connectivity index (χ2v) is 5.14. The predicted molar refractivity (Wildman–Crippen MR) is 73.1 cm³/mol. The van der Waals surface area contributed by atoms with Crippen molar-refractivity contribution in [3.05, 3.63) is 34.5 Å². The van der Waals surface area contributed by atoms with Crippen LogP contribution in [0.3, 0.4) is 0 Å². The zero-order valence-electron chi connectivity index (χ0n) is 10.7. The summed E-state index contributed by atoms with van der Waals surface area (Å²) in [6.45, 7) is 4.44. The van der Waals surface area contributed by atoms with Crippen LogP contribution in [0.1, 0.15) is 16.5 Å². The highest BCUT2D eigenvalue weighted by atomic mass is 32.1. The van der Waals surface area contributed by atoms with E-state index in [9.17, 15) is 9.59 Å². The lowest BCUT2D eigenvalue weighted by Gasteiger charge is -2.33. The molecular formula is C13H16N2O3S. The Morgan fingerprint density at radius 2 is 2.47 bits per heavy atom. The molecular weight excluding hydrogens is 264 g/mol. The molecule has 2 rings (SSSR count). The number of hydrogen-bond donors (Lipinski definition) is 1. The van der Waals surface area contributed by atoms with Crippen molar-refractivity contribution in [1.82, 2.24) is 10.2 Å². The Bertz CT molecular complexity index is 498. The summed E-state index contributed by atoms with van der Waals surface area (Å²) in [6.07, 6.45) is 2.37. The van der Waals surface area contributed by atoms with E-state index in [2.05, 4.69) is 11.9 Å². The number of esters is 1. The third kappa shape index (κ3) is 2.63. The van der Waals surface area contributed by atoms with Gasteiger partial charge < -0.3 is 15.0 Å². The van der Waals surface area contributed by atoms with Gasteiger partial charge in [-0.2, -0.15) is 0 Å². The van der Waals surface area contributed by atoms with E-state index in [1.165, 1.54) is 12.0 Å². The molecule has 1 N–H and O–H groups in total. The maximum absolute atomic E-state index is 12.1. The minimum atomic E-state index is -0.648. The number of thiophene rings is 1. The van der Waals surface area contributed by atoms with Gasteiger partial charge in [-0.25, -0.2) is 9.59 Å². The molecule has 1 aromatic rings. The summed E-state index contributed by atoms with van der Waals surface area (Å²) in [5.74, 6) is -0.409. The molecule has 0 aromatic carbocycles. The maximum atomic E-state index is 12.1. The fourth-order valence-electron chi connectivity index (χ4n) is 2.16. The molecule has 0 fully saturated rings. The molecule has 1 atom stereocenters. The molecule has 0 saturated carbocycles. The van der Waals surface area contributed by atoms with Crippen LogP contribution in [0.5, 0.6) is 0 Å². The summed E-state index contributed by atoms with van der Waals surface area (Å²) in [6, 6.07) is 0.964. The Kier molecular flexibility index (Phi) is 4.21. The SMILES string of the molecule is C=CCNC(=O)N1CCc2sccc2C1C(=O)OC. The Balaban J connectivity index is 2.26. The van der Waals surface area contributed by atoms with Crippen LogP contribution in [0.4, 0.5) is 4.79 Å². The number of methoxy groups -OCH3 is 1. The van der Waals surface area contributed by atoms with Crippen molar-refractivity contribution >= 4 is 23.3 Å². The number of urea groups is 1. The molecule has 2 amide bonds. The number of hydrogen-bond acceptors (Lipinski definition) is 4. The Morgan fingerprint density at radius 1 is 1.68 bits per heavy atom. The van der Waals surface area contributed by atoms with Crippen LogP contribution in [0.15, 0.2) is 24.1 Å². The molecule has 1 aliphatic rings. The molecule has 102 valence electrons. The largest absolute Gasteiger partial charge is 0.467 e. The van der Waals surface area contributed by atoms with E-state index < -0.39 is 12.0 Å². The van der Waals surface area contributed by atoms with Crippen molar-refractivity contribution < 1.29 is 14.3 Å². The second kappa shape index (κ2) is 5.88. The first-order valence-electron chi connectivity index (χ1n) is 5.98. The van der Waals surface area contributed by atoms with Crippen LogP contribution in [0.2, 0.25) is 0 Å². The summed E-state index contributed by atoms with van der Waals surface area (Å²) >= 11 is 1.61. The molecule has 0 saturated heterocycles. The highest BCUT2D eigenvalue weighted by Crippen LogP contribution is 2.33. The fourth-order valence-corrected chi connectivity index (χ4v) is 3.07. The first kappa shape index (κ1) is 13.6. The van der Waals surface area contributed by atoms with Gasteiger partial charge in [-0.3, -0.25) is 0 Å². The number of ether oxygens (including phenoxy) is 1. The zero-order valence-corrected chi connectivity index (χ0v) is 11.5. The van der Waals surface area contributed by atoms with Crippen molar-refractivity contribution in [3.63, 3.8) is 0 Å². The average molecular weight is 280 g/mol. The molecule has 0 spiro atoms. The number of fused-ring (bicyclic) bond motifs is 1. The predicted octanol–water partition coefficient (Wildman–Crippen LogP) is 1.72. The molecule has 2 heterocycles. The number of nitrogens with one attached hydrogen (secondary N) is 1. The molecule has 1 aromatic heterocycles. The van der Waals surface area contributed by atoms with Gasteiger partial charge in [-0.15, -0.1) is 17.9 Å². The van der Waals surface area contributed by atoms with Gasteiger partial charge in [-0.1, -0.05) is 6.08 Å². The number of amides is 2. The quantitative estimate of drug-likeness (QED) is 0.677. The zero-order chi connectivity index (χ0) is 13.8. The molecule has 6 heteroatoms. The first-order valence-corrected chi connectivity index (χ1v) is 6.86. The summed E-state index contributed by atoms with van der Waals surface area (Å²) in [4.78, 5) is 26.7. The Hall–Kier alpha value is -1.82. The van der Waals surface area contributed by atoms with Crippen LogP contribution >= 0.6 is 11.3 Å². The summed E-state index contributed by atoms with van der Waals surface area (Å²) in [7, 11) is 1.34. The smallest absolute Gasteiger partial charge is 0.333 e. The highest BCUT2D eigenvalue weighted by Gasteiger charge is 2.37. The number of nitrogens with zero attached hydrogens (tertiary/aromatic N) is 1. The van der Waals surface area contributed by atoms with E-state index in [-0.39, 0.29) is 6.03 Å². The van der Waals surface area contributed by atoms with E-state index in [4.69, 9.17) is 4.74 Å². The van der Waals surface area contributed by atoms with Gasteiger partial charge in [0.1, 0.15) is 0 Å². The van der Waals surface area contributed by atoms with Crippen molar-refractivity contribution in [2.24, 2.45) is 0 Å². The number of rotatable bonds is 3. The lowest BCUT2D eigenvalue weighted by Crippen LogP contribution is -2.48. The van der Waals surface area contributed by atoms with Gasteiger partial charge in [0.15, 0.2) is 6.04 Å². The van der Waals surface area contributed by atoms with Crippen LogP contribution in [0, 0.1) is 0 Å². The molecule has 0 radical (unpaired) electrons. The third-order valence-corrected chi connectivity index (χ3v) is 4.05. The molecule has 0 bridgehead atoms. The minimum Gasteiger partial charge on any atom is -0.467 e. The number of carbonyl (C=O) groups is 2. The monoisotopic (exact) mass is 280 g/mol. The molecule has 5 nitrogen and oxygen atoms in total. The van der Waals surface area contributed by atoms with Gasteiger partial charge in [0, 0.05) is 18.0 Å². The third-order valence-electron chi connectivity index (χ3n) is 3.05. The van der Waals surface area contributed by atoms with E-state index >= 15 is 0 Å². The van der Waals surface area contributed by atoms with E-state index in [1.54, 1.807) is 17.4 Å². The van der Waals surface area contributed by atoms with E-state index in [1.807, 2.05) is 11.4 Å². The summed E-state index contributed by atoms with van der Waals surface area (Å²) in [5.41, 5.74) is 0.872. The van der Waals surface area contributed by atoms with Gasteiger partial charge in [0.05, 0.1) is 7.11 Å². The summed E-state index contributed by atoms with van der Waals surface area (Å²) < 4.78 is 4.82. The highest BCUT2D eigenvalue weighted by molar-refractivity contribution is 7.10. The Morgan fingerprint density at radius 3 is 3.16 bits per heavy atom. The number of carbonyl (C=O) groups excluding carboxylic acids is 2. The van der Waals surface area contributed by atoms with Crippen molar-refractivity contribution in [2.45, 2.75) is 12.5 Å². The molecule has 0 aliphatic carbocycles. The molecule has 1 unspecified atom stereocenters. The lowest BCUT2D eigenvalue weighted by atomic mass is 10.0. The minimum absolute atomic E-state index is 0.271. The van der Waals surface area contributed by atoms with Gasteiger partial charge in [0.25, 0.3) is 0 Å².